The van der Waals surface area contributed by atoms with Crippen LogP contribution in [0, 0.1) is 34.5 Å². The molecule has 36 heavy (non-hydrogen) atoms. The molecule has 7 nitrogen and oxygen atoms in total. The van der Waals surface area contributed by atoms with Crippen molar-refractivity contribution < 1.29 is 33.2 Å². The maximum absolute atomic E-state index is 12.7. The molecule has 5 aliphatic rings. The standard InChI is InChI=1S/C29H48O7/c1-28-13-11-18(35-27-26(34-6)25(33-5)24(32-4)22(36-27)16-31-3)15-17(28)7-8-19-20-9-10-23(30)29(20,2)14-12-21(19)28/h17-22,24-27H,7-16H2,1-6H3/t17-,18+,19-,20-,21-,22+,24+,25-,26+,27+,28-,29-/m0/s1. The van der Waals surface area contributed by atoms with Gasteiger partial charge in [0.2, 0.25) is 0 Å². The predicted octanol–water partition coefficient (Wildman–Crippen LogP) is 4.40. The zero-order valence-corrected chi connectivity index (χ0v) is 23.2. The summed E-state index contributed by atoms with van der Waals surface area (Å²) in [5.74, 6) is 3.25. The second-order valence-electron chi connectivity index (χ2n) is 12.7. The van der Waals surface area contributed by atoms with E-state index >= 15 is 0 Å². The van der Waals surface area contributed by atoms with Crippen molar-refractivity contribution in [1.29, 1.82) is 0 Å². The molecule has 0 aromatic rings. The molecule has 7 heteroatoms. The van der Waals surface area contributed by atoms with Crippen LogP contribution in [0.15, 0.2) is 0 Å². The van der Waals surface area contributed by atoms with Crippen LogP contribution in [0.1, 0.15) is 71.6 Å². The molecule has 12 atom stereocenters. The van der Waals surface area contributed by atoms with E-state index in [0.29, 0.717) is 29.6 Å². The number of methoxy groups -OCH3 is 4. The maximum Gasteiger partial charge on any atom is 0.187 e. The van der Waals surface area contributed by atoms with Gasteiger partial charge in [0.1, 0.15) is 30.2 Å². The zero-order valence-electron chi connectivity index (χ0n) is 23.2. The third-order valence-corrected chi connectivity index (χ3v) is 11.4. The van der Waals surface area contributed by atoms with E-state index in [4.69, 9.17) is 28.4 Å². The highest BCUT2D eigenvalue weighted by molar-refractivity contribution is 5.87. The zero-order chi connectivity index (χ0) is 25.7. The lowest BCUT2D eigenvalue weighted by molar-refractivity contribution is -0.326. The summed E-state index contributed by atoms with van der Waals surface area (Å²) in [5, 5.41) is 0. The van der Waals surface area contributed by atoms with E-state index in [0.717, 1.165) is 43.9 Å². The first-order chi connectivity index (χ1) is 17.3. The molecule has 1 heterocycles. The van der Waals surface area contributed by atoms with E-state index in [1.807, 2.05) is 0 Å². The highest BCUT2D eigenvalue weighted by atomic mass is 16.7. The number of hydrogen-bond acceptors (Lipinski definition) is 7. The number of carbonyl (C=O) groups excluding carboxylic acids is 1. The van der Waals surface area contributed by atoms with Gasteiger partial charge in [0, 0.05) is 40.3 Å². The number of Topliss-reactive ketones (excluding diaryl/α,β-unsaturated/α-hetero) is 1. The Balaban J connectivity index is 1.27. The van der Waals surface area contributed by atoms with Gasteiger partial charge in [0.25, 0.3) is 0 Å². The lowest BCUT2D eigenvalue weighted by Crippen LogP contribution is -2.62. The monoisotopic (exact) mass is 508 g/mol. The number of ether oxygens (including phenoxy) is 6. The third-order valence-electron chi connectivity index (χ3n) is 11.4. The minimum atomic E-state index is -0.517. The SMILES string of the molecule is COC[C@H]1O[C@@H](O[C@@H]2CC[C@@]3(C)[C@@H](CC[C@@H]4[C@@H]3CC[C@]3(C)C(=O)CC[C@@H]43)C2)[C@H](OC)[C@@H](OC)[C@@H]1OC. The molecule has 0 amide bonds. The third kappa shape index (κ3) is 4.30. The lowest BCUT2D eigenvalue weighted by atomic mass is 9.45. The van der Waals surface area contributed by atoms with Gasteiger partial charge in [-0.15, -0.1) is 0 Å². The molecule has 0 spiro atoms. The van der Waals surface area contributed by atoms with Crippen LogP contribution in [0.25, 0.3) is 0 Å². The maximum atomic E-state index is 12.7. The van der Waals surface area contributed by atoms with Gasteiger partial charge in [-0.2, -0.15) is 0 Å². The Hall–Kier alpha value is -0.570. The molecule has 4 saturated carbocycles. The summed E-state index contributed by atoms with van der Waals surface area (Å²) in [7, 11) is 6.71. The second-order valence-corrected chi connectivity index (χ2v) is 12.7. The van der Waals surface area contributed by atoms with Crippen LogP contribution in [0.2, 0.25) is 0 Å². The van der Waals surface area contributed by atoms with E-state index < -0.39 is 6.29 Å². The van der Waals surface area contributed by atoms with Crippen LogP contribution in [0.3, 0.4) is 0 Å². The minimum Gasteiger partial charge on any atom is -0.382 e. The highest BCUT2D eigenvalue weighted by Crippen LogP contribution is 2.65. The van der Waals surface area contributed by atoms with E-state index in [9.17, 15) is 4.79 Å². The summed E-state index contributed by atoms with van der Waals surface area (Å²) in [6, 6.07) is 0. The van der Waals surface area contributed by atoms with E-state index in [1.54, 1.807) is 28.4 Å². The summed E-state index contributed by atoms with van der Waals surface area (Å²) in [6.07, 6.45) is 8.41. The highest BCUT2D eigenvalue weighted by Gasteiger charge is 2.60. The number of fused-ring (bicyclic) bond motifs is 5. The van der Waals surface area contributed by atoms with Crippen LogP contribution in [-0.2, 0) is 33.2 Å². The van der Waals surface area contributed by atoms with Crippen molar-refractivity contribution in [2.45, 2.75) is 108 Å². The molecular formula is C29H48O7. The molecule has 1 aliphatic heterocycles. The van der Waals surface area contributed by atoms with E-state index in [-0.39, 0.29) is 35.9 Å². The first-order valence-electron chi connectivity index (χ1n) is 14.2. The molecule has 0 bridgehead atoms. The second kappa shape index (κ2) is 10.5. The Morgan fingerprint density at radius 3 is 2.31 bits per heavy atom. The predicted molar refractivity (Wildman–Crippen MR) is 135 cm³/mol. The van der Waals surface area contributed by atoms with Crippen molar-refractivity contribution in [3.63, 3.8) is 0 Å². The quantitative estimate of drug-likeness (QED) is 0.472. The van der Waals surface area contributed by atoms with E-state index in [2.05, 4.69) is 13.8 Å². The number of hydrogen-bond donors (Lipinski definition) is 0. The number of carbonyl (C=O) groups is 1. The van der Waals surface area contributed by atoms with Gasteiger partial charge in [-0.05, 0) is 80.5 Å². The fourth-order valence-electron chi connectivity index (χ4n) is 9.39. The molecule has 0 aromatic carbocycles. The van der Waals surface area contributed by atoms with Crippen LogP contribution in [0.5, 0.6) is 0 Å². The first kappa shape index (κ1) is 27.0. The number of rotatable bonds is 7. The van der Waals surface area contributed by atoms with Gasteiger partial charge in [-0.1, -0.05) is 13.8 Å². The molecular weight excluding hydrogens is 460 g/mol. The van der Waals surface area contributed by atoms with Gasteiger partial charge >= 0.3 is 0 Å². The minimum absolute atomic E-state index is 0.0468. The Bertz CT molecular complexity index is 790. The Labute approximate surface area is 217 Å². The van der Waals surface area contributed by atoms with Crippen LogP contribution in [-0.4, -0.2) is 77.6 Å². The average molecular weight is 509 g/mol. The molecule has 0 radical (unpaired) electrons. The fourth-order valence-corrected chi connectivity index (χ4v) is 9.39. The molecule has 0 unspecified atom stereocenters. The lowest BCUT2D eigenvalue weighted by Gasteiger charge is -2.60. The molecule has 5 fully saturated rings. The molecule has 206 valence electrons. The first-order valence-corrected chi connectivity index (χ1v) is 14.2. The Kier molecular flexibility index (Phi) is 7.91. The summed E-state index contributed by atoms with van der Waals surface area (Å²) in [4.78, 5) is 12.7. The van der Waals surface area contributed by atoms with Crippen LogP contribution < -0.4 is 0 Å². The van der Waals surface area contributed by atoms with Gasteiger partial charge < -0.3 is 28.4 Å². The average Bonchev–Trinajstić information content (AvgIpc) is 3.18. The fraction of sp³-hybridized carbons (Fsp3) is 0.966. The molecule has 5 rings (SSSR count). The number of ketones is 1. The van der Waals surface area contributed by atoms with Crippen molar-refractivity contribution in [3.8, 4) is 0 Å². The van der Waals surface area contributed by atoms with Crippen molar-refractivity contribution in [1.82, 2.24) is 0 Å². The molecule has 4 aliphatic carbocycles. The van der Waals surface area contributed by atoms with Crippen LogP contribution in [0.4, 0.5) is 0 Å². The molecule has 1 saturated heterocycles. The van der Waals surface area contributed by atoms with Crippen molar-refractivity contribution in [2.24, 2.45) is 34.5 Å². The summed E-state index contributed by atoms with van der Waals surface area (Å²) in [5.41, 5.74) is 0.299. The Morgan fingerprint density at radius 1 is 0.861 bits per heavy atom. The molecule has 0 aromatic heterocycles. The van der Waals surface area contributed by atoms with Gasteiger partial charge in [-0.3, -0.25) is 4.79 Å². The van der Waals surface area contributed by atoms with Crippen molar-refractivity contribution in [3.05, 3.63) is 0 Å². The van der Waals surface area contributed by atoms with E-state index in [1.165, 1.54) is 25.7 Å². The molecule has 0 N–H and O–H groups in total. The largest absolute Gasteiger partial charge is 0.382 e. The van der Waals surface area contributed by atoms with Gasteiger partial charge in [0.15, 0.2) is 6.29 Å². The summed E-state index contributed by atoms with van der Waals surface area (Å²) >= 11 is 0. The normalized spacial score (nSPS) is 50.9. The Morgan fingerprint density at radius 2 is 1.61 bits per heavy atom. The van der Waals surface area contributed by atoms with Crippen molar-refractivity contribution in [2.75, 3.05) is 35.0 Å². The summed E-state index contributed by atoms with van der Waals surface area (Å²) in [6.45, 7) is 5.24. The van der Waals surface area contributed by atoms with Crippen molar-refractivity contribution >= 4 is 5.78 Å². The van der Waals surface area contributed by atoms with Gasteiger partial charge in [-0.25, -0.2) is 0 Å². The van der Waals surface area contributed by atoms with Gasteiger partial charge in [0.05, 0.1) is 12.7 Å². The smallest absolute Gasteiger partial charge is 0.187 e. The topological polar surface area (TPSA) is 72.5 Å². The summed E-state index contributed by atoms with van der Waals surface area (Å²) < 4.78 is 35.8. The van der Waals surface area contributed by atoms with Crippen LogP contribution >= 0.6 is 0 Å².